The Morgan fingerprint density at radius 2 is 0.781 bits per heavy atom. The maximum atomic E-state index is 2.56. The molecule has 0 bridgehead atoms. The summed E-state index contributed by atoms with van der Waals surface area (Å²) in [6, 6.07) is 90.5. The first-order valence-corrected chi connectivity index (χ1v) is 24.8. The highest BCUT2D eigenvalue weighted by molar-refractivity contribution is 7.26. The molecule has 0 radical (unpaired) electrons. The molecule has 10 aromatic carbocycles. The van der Waals surface area contributed by atoms with Crippen LogP contribution in [0.3, 0.4) is 0 Å². The lowest BCUT2D eigenvalue weighted by atomic mass is 9.97. The van der Waals surface area contributed by atoms with Crippen molar-refractivity contribution in [2.75, 3.05) is 0 Å². The standard InChI is InChI=1S/C60H40N2SSi/c1-4-21-42(22-5-1)64(43-23-6-2-7-24-43,44-25-8-3-9-26-44)45-27-16-20-41(40-45)61-53-35-13-10-29-47(53)50-34-18-37-55(60(50)61)62-54-36-14-11-28-46(54)49-32-17-33-51(59(49)62)48-31-19-39-57-58(48)52-30-12-15-38-56(52)63-57/h1-40H. The molecule has 0 atom stereocenters. The second kappa shape index (κ2) is 14.7. The minimum Gasteiger partial charge on any atom is -0.307 e. The van der Waals surface area contributed by atoms with E-state index in [1.807, 2.05) is 11.3 Å². The molecule has 0 unspecified atom stereocenters. The summed E-state index contributed by atoms with van der Waals surface area (Å²) in [6.07, 6.45) is 0. The summed E-state index contributed by atoms with van der Waals surface area (Å²) in [5.74, 6) is 0. The fraction of sp³-hybridized carbons (Fsp3) is 0. The van der Waals surface area contributed by atoms with E-state index < -0.39 is 8.07 Å². The molecular formula is C60H40N2SSi. The van der Waals surface area contributed by atoms with Gasteiger partial charge < -0.3 is 9.13 Å². The van der Waals surface area contributed by atoms with Crippen LogP contribution in [0.2, 0.25) is 0 Å². The van der Waals surface area contributed by atoms with Gasteiger partial charge in [0.15, 0.2) is 8.07 Å². The van der Waals surface area contributed by atoms with Gasteiger partial charge in [-0.05, 0) is 68.8 Å². The average molecular weight is 849 g/mol. The number of nitrogens with zero attached hydrogens (tertiary/aromatic N) is 2. The second-order valence-corrected chi connectivity index (χ2v) is 21.6. The van der Waals surface area contributed by atoms with Crippen molar-refractivity contribution in [3.05, 3.63) is 243 Å². The zero-order valence-electron chi connectivity index (χ0n) is 34.9. The Morgan fingerprint density at radius 1 is 0.312 bits per heavy atom. The number of para-hydroxylation sites is 4. The first-order valence-electron chi connectivity index (χ1n) is 22.0. The van der Waals surface area contributed by atoms with Crippen LogP contribution in [-0.2, 0) is 0 Å². The smallest absolute Gasteiger partial charge is 0.179 e. The van der Waals surface area contributed by atoms with Crippen molar-refractivity contribution in [3.63, 3.8) is 0 Å². The van der Waals surface area contributed by atoms with Gasteiger partial charge in [0.25, 0.3) is 0 Å². The molecule has 0 aliphatic heterocycles. The van der Waals surface area contributed by atoms with E-state index in [0.29, 0.717) is 0 Å². The van der Waals surface area contributed by atoms with Crippen molar-refractivity contribution >= 4 is 104 Å². The third-order valence-corrected chi connectivity index (χ3v) is 19.4. The lowest BCUT2D eigenvalue weighted by Gasteiger charge is -2.34. The van der Waals surface area contributed by atoms with Crippen LogP contribution in [0.25, 0.3) is 86.3 Å². The Balaban J connectivity index is 1.14. The Kier molecular flexibility index (Phi) is 8.45. The number of aromatic nitrogens is 2. The molecule has 64 heavy (non-hydrogen) atoms. The van der Waals surface area contributed by atoms with Gasteiger partial charge in [0.2, 0.25) is 0 Å². The van der Waals surface area contributed by atoms with E-state index >= 15 is 0 Å². The summed E-state index contributed by atoms with van der Waals surface area (Å²) < 4.78 is 7.72. The predicted molar refractivity (Wildman–Crippen MR) is 277 cm³/mol. The summed E-state index contributed by atoms with van der Waals surface area (Å²) in [7, 11) is -2.82. The number of hydrogen-bond acceptors (Lipinski definition) is 1. The quantitative estimate of drug-likeness (QED) is 0.112. The molecule has 0 aliphatic rings. The Morgan fingerprint density at radius 3 is 1.45 bits per heavy atom. The Bertz CT molecular complexity index is 3800. The maximum absolute atomic E-state index is 2.82. The molecule has 0 saturated carbocycles. The van der Waals surface area contributed by atoms with Gasteiger partial charge >= 0.3 is 0 Å². The summed E-state index contributed by atoms with van der Waals surface area (Å²) in [6.45, 7) is 0. The Labute approximate surface area is 376 Å². The van der Waals surface area contributed by atoms with Crippen molar-refractivity contribution < 1.29 is 0 Å². The maximum Gasteiger partial charge on any atom is 0.179 e. The minimum absolute atomic E-state index is 1.14. The molecule has 13 aromatic rings. The molecule has 0 aliphatic carbocycles. The van der Waals surface area contributed by atoms with E-state index in [4.69, 9.17) is 0 Å². The number of thiophene rings is 1. The van der Waals surface area contributed by atoms with Crippen molar-refractivity contribution in [1.29, 1.82) is 0 Å². The molecule has 0 fully saturated rings. The molecule has 3 heterocycles. The van der Waals surface area contributed by atoms with Gasteiger partial charge in [-0.3, -0.25) is 0 Å². The fourth-order valence-electron chi connectivity index (χ4n) is 10.9. The van der Waals surface area contributed by atoms with E-state index in [2.05, 4.69) is 252 Å². The van der Waals surface area contributed by atoms with E-state index in [9.17, 15) is 0 Å². The molecule has 0 amide bonds. The molecule has 4 heteroatoms. The van der Waals surface area contributed by atoms with Crippen molar-refractivity contribution in [3.8, 4) is 22.5 Å². The van der Waals surface area contributed by atoms with Crippen molar-refractivity contribution in [1.82, 2.24) is 9.13 Å². The van der Waals surface area contributed by atoms with Crippen molar-refractivity contribution in [2.45, 2.75) is 0 Å². The van der Waals surface area contributed by atoms with Gasteiger partial charge in [-0.25, -0.2) is 0 Å². The molecular weight excluding hydrogens is 809 g/mol. The third-order valence-electron chi connectivity index (χ3n) is 13.5. The first-order chi connectivity index (χ1) is 31.8. The highest BCUT2D eigenvalue weighted by atomic mass is 32.1. The van der Waals surface area contributed by atoms with Gasteiger partial charge in [-0.15, -0.1) is 11.3 Å². The van der Waals surface area contributed by atoms with Crippen LogP contribution in [0.1, 0.15) is 0 Å². The van der Waals surface area contributed by atoms with Gasteiger partial charge in [0.1, 0.15) is 0 Å². The third kappa shape index (κ3) is 5.37. The summed E-state index contributed by atoms with van der Waals surface area (Å²) in [5, 5.41) is 13.0. The highest BCUT2D eigenvalue weighted by Gasteiger charge is 2.41. The van der Waals surface area contributed by atoms with E-state index in [0.717, 1.165) is 11.4 Å². The predicted octanol–water partition coefficient (Wildman–Crippen LogP) is 13.3. The van der Waals surface area contributed by atoms with Crippen LogP contribution >= 0.6 is 11.3 Å². The lowest BCUT2D eigenvalue weighted by Crippen LogP contribution is -2.74. The largest absolute Gasteiger partial charge is 0.307 e. The zero-order chi connectivity index (χ0) is 42.2. The van der Waals surface area contributed by atoms with Crippen LogP contribution in [0.4, 0.5) is 0 Å². The van der Waals surface area contributed by atoms with Gasteiger partial charge in [-0.2, -0.15) is 0 Å². The number of hydrogen-bond donors (Lipinski definition) is 0. The summed E-state index contributed by atoms with van der Waals surface area (Å²) in [4.78, 5) is 0. The number of rotatable bonds is 7. The molecule has 3 aromatic heterocycles. The topological polar surface area (TPSA) is 9.86 Å². The molecule has 300 valence electrons. The zero-order valence-corrected chi connectivity index (χ0v) is 36.7. The van der Waals surface area contributed by atoms with E-state index in [-0.39, 0.29) is 0 Å². The number of benzene rings is 10. The lowest BCUT2D eigenvalue weighted by molar-refractivity contribution is 1.13. The first kappa shape index (κ1) is 36.9. The van der Waals surface area contributed by atoms with Crippen molar-refractivity contribution in [2.24, 2.45) is 0 Å². The summed E-state index contributed by atoms with van der Waals surface area (Å²) in [5.41, 5.74) is 9.56. The van der Waals surface area contributed by atoms with Crippen LogP contribution in [0.5, 0.6) is 0 Å². The molecule has 13 rings (SSSR count). The SMILES string of the molecule is c1ccc([Si](c2ccccc2)(c2ccccc2)c2cccc(-n3c4ccccc4c4cccc(-n5c6ccccc6c6cccc(-c7cccc8sc9ccccc9c78)c65)c43)c2)cc1. The highest BCUT2D eigenvalue weighted by Crippen LogP contribution is 2.46. The van der Waals surface area contributed by atoms with E-state index in [1.54, 1.807) is 0 Å². The molecule has 2 nitrogen and oxygen atoms in total. The van der Waals surface area contributed by atoms with Crippen LogP contribution in [0.15, 0.2) is 243 Å². The normalized spacial score (nSPS) is 12.1. The minimum atomic E-state index is -2.82. The molecule has 0 spiro atoms. The fourth-order valence-corrected chi connectivity index (χ4v) is 16.8. The van der Waals surface area contributed by atoms with Gasteiger partial charge in [0.05, 0.1) is 27.8 Å². The second-order valence-electron chi connectivity index (χ2n) is 16.8. The van der Waals surface area contributed by atoms with Crippen LogP contribution in [-0.4, -0.2) is 17.2 Å². The number of fused-ring (bicyclic) bond motifs is 9. The van der Waals surface area contributed by atoms with Crippen LogP contribution < -0.4 is 20.7 Å². The van der Waals surface area contributed by atoms with Gasteiger partial charge in [0, 0.05) is 53.0 Å². The average Bonchev–Trinajstić information content (AvgIpc) is 4.04. The molecule has 0 saturated heterocycles. The van der Waals surface area contributed by atoms with Crippen LogP contribution in [0, 0.1) is 0 Å². The summed E-state index contributed by atoms with van der Waals surface area (Å²) >= 11 is 1.88. The van der Waals surface area contributed by atoms with E-state index in [1.165, 1.54) is 95.7 Å². The monoisotopic (exact) mass is 848 g/mol. The Hall–Kier alpha value is -7.76. The molecule has 0 N–H and O–H groups in total. The van der Waals surface area contributed by atoms with Gasteiger partial charge in [-0.1, -0.05) is 200 Å².